The number of rotatable bonds is 3. The summed E-state index contributed by atoms with van der Waals surface area (Å²) in [6, 6.07) is 7.97. The van der Waals surface area contributed by atoms with Crippen LogP contribution >= 0.6 is 0 Å². The van der Waals surface area contributed by atoms with E-state index >= 15 is 0 Å². The molecule has 0 aliphatic heterocycles. The Hall–Kier alpha value is -1.84. The van der Waals surface area contributed by atoms with Crippen LogP contribution in [-0.2, 0) is 9.59 Å². The van der Waals surface area contributed by atoms with Gasteiger partial charge in [-0.1, -0.05) is 18.2 Å². The van der Waals surface area contributed by atoms with Gasteiger partial charge >= 0.3 is 0 Å². The second kappa shape index (κ2) is 6.55. The van der Waals surface area contributed by atoms with Gasteiger partial charge in [0, 0.05) is 25.6 Å². The van der Waals surface area contributed by atoms with Crippen molar-refractivity contribution >= 4 is 17.5 Å². The van der Waals surface area contributed by atoms with Crippen molar-refractivity contribution in [2.24, 2.45) is 5.92 Å². The van der Waals surface area contributed by atoms with Crippen LogP contribution in [0.3, 0.4) is 0 Å². The molecule has 0 unspecified atom stereocenters. The molecule has 108 valence electrons. The summed E-state index contributed by atoms with van der Waals surface area (Å²) in [5.41, 5.74) is 2.10. The highest BCUT2D eigenvalue weighted by Crippen LogP contribution is 2.38. The van der Waals surface area contributed by atoms with Gasteiger partial charge in [-0.25, -0.2) is 0 Å². The first-order valence-electron chi connectivity index (χ1n) is 7.20. The fraction of sp³-hybridized carbons (Fsp3) is 0.500. The molecule has 1 fully saturated rings. The molecule has 2 rings (SSSR count). The molecule has 0 bridgehead atoms. The summed E-state index contributed by atoms with van der Waals surface area (Å²) in [4.78, 5) is 22.9. The van der Waals surface area contributed by atoms with E-state index in [4.69, 9.17) is 0 Å². The van der Waals surface area contributed by atoms with Gasteiger partial charge in [-0.3, -0.25) is 9.59 Å². The number of hydrogen-bond donors (Lipinski definition) is 2. The lowest BCUT2D eigenvalue weighted by Crippen LogP contribution is -2.30. The number of carbonyl (C=O) groups is 2. The van der Waals surface area contributed by atoms with Gasteiger partial charge < -0.3 is 10.6 Å². The maximum absolute atomic E-state index is 11.7. The molecule has 4 heteroatoms. The Morgan fingerprint density at radius 2 is 1.75 bits per heavy atom. The average molecular weight is 274 g/mol. The van der Waals surface area contributed by atoms with Gasteiger partial charge in [0.25, 0.3) is 0 Å². The molecule has 1 saturated carbocycles. The summed E-state index contributed by atoms with van der Waals surface area (Å²) in [6.45, 7) is 1.53. The van der Waals surface area contributed by atoms with Gasteiger partial charge in [0.2, 0.25) is 11.8 Å². The maximum Gasteiger partial charge on any atom is 0.222 e. The molecule has 4 nitrogen and oxygen atoms in total. The lowest BCUT2D eigenvalue weighted by molar-refractivity contribution is -0.125. The van der Waals surface area contributed by atoms with E-state index in [-0.39, 0.29) is 17.7 Å². The molecule has 0 radical (unpaired) electrons. The number of hydrogen-bond acceptors (Lipinski definition) is 2. The minimum atomic E-state index is -0.0449. The predicted molar refractivity (Wildman–Crippen MR) is 79.5 cm³/mol. The Bertz CT molecular complexity index is 491. The van der Waals surface area contributed by atoms with Crippen molar-refractivity contribution in [3.8, 4) is 0 Å². The molecular formula is C16H22N2O2. The summed E-state index contributed by atoms with van der Waals surface area (Å²) >= 11 is 0. The van der Waals surface area contributed by atoms with Crippen LogP contribution in [0.4, 0.5) is 5.69 Å². The van der Waals surface area contributed by atoms with E-state index in [0.29, 0.717) is 5.92 Å². The van der Waals surface area contributed by atoms with E-state index in [1.54, 1.807) is 7.05 Å². The zero-order valence-corrected chi connectivity index (χ0v) is 12.1. The van der Waals surface area contributed by atoms with Crippen LogP contribution in [0.25, 0.3) is 0 Å². The van der Waals surface area contributed by atoms with Crippen LogP contribution in [0.5, 0.6) is 0 Å². The molecule has 0 heterocycles. The van der Waals surface area contributed by atoms with E-state index in [1.807, 2.05) is 18.2 Å². The molecule has 20 heavy (non-hydrogen) atoms. The van der Waals surface area contributed by atoms with E-state index in [9.17, 15) is 9.59 Å². The zero-order chi connectivity index (χ0) is 14.5. The van der Waals surface area contributed by atoms with Gasteiger partial charge in [0.1, 0.15) is 0 Å². The number of anilines is 1. The third kappa shape index (κ3) is 3.38. The molecule has 1 aromatic rings. The average Bonchev–Trinajstić information content (AvgIpc) is 2.46. The smallest absolute Gasteiger partial charge is 0.222 e. The van der Waals surface area contributed by atoms with Gasteiger partial charge in [-0.2, -0.15) is 0 Å². The van der Waals surface area contributed by atoms with Crippen molar-refractivity contribution in [1.82, 2.24) is 5.32 Å². The molecule has 0 spiro atoms. The molecule has 1 aliphatic carbocycles. The van der Waals surface area contributed by atoms with Crippen molar-refractivity contribution in [3.05, 3.63) is 29.8 Å². The molecular weight excluding hydrogens is 252 g/mol. The van der Waals surface area contributed by atoms with E-state index in [2.05, 4.69) is 16.7 Å². The lowest BCUT2D eigenvalue weighted by atomic mass is 9.78. The normalized spacial score (nSPS) is 22.1. The molecule has 2 amide bonds. The van der Waals surface area contributed by atoms with Crippen molar-refractivity contribution in [2.75, 3.05) is 12.4 Å². The fourth-order valence-electron chi connectivity index (χ4n) is 3.03. The molecule has 1 aliphatic rings. The van der Waals surface area contributed by atoms with Crippen LogP contribution in [0.2, 0.25) is 0 Å². The van der Waals surface area contributed by atoms with Crippen molar-refractivity contribution in [2.45, 2.75) is 38.5 Å². The number of amides is 2. The quantitative estimate of drug-likeness (QED) is 0.890. The SMILES string of the molecule is CNC(=O)C1CCC(c2ccccc2NC(C)=O)CC1. The predicted octanol–water partition coefficient (Wildman–Crippen LogP) is 2.66. The highest BCUT2D eigenvalue weighted by atomic mass is 16.2. The number of para-hydroxylation sites is 1. The molecule has 2 N–H and O–H groups in total. The summed E-state index contributed by atoms with van der Waals surface area (Å²) in [5.74, 6) is 0.679. The van der Waals surface area contributed by atoms with E-state index < -0.39 is 0 Å². The Labute approximate surface area is 119 Å². The summed E-state index contributed by atoms with van der Waals surface area (Å²) in [5, 5.41) is 5.63. The molecule has 0 atom stereocenters. The van der Waals surface area contributed by atoms with Crippen LogP contribution in [0, 0.1) is 5.92 Å². The zero-order valence-electron chi connectivity index (χ0n) is 12.1. The van der Waals surface area contributed by atoms with E-state index in [1.165, 1.54) is 12.5 Å². The third-order valence-corrected chi connectivity index (χ3v) is 4.06. The standard InChI is InChI=1S/C16H22N2O2/c1-11(19)18-15-6-4-3-5-14(15)12-7-9-13(10-8-12)16(20)17-2/h3-6,12-13H,7-10H2,1-2H3,(H,17,20)(H,18,19). The highest BCUT2D eigenvalue weighted by molar-refractivity contribution is 5.89. The minimum Gasteiger partial charge on any atom is -0.359 e. The first-order valence-corrected chi connectivity index (χ1v) is 7.20. The van der Waals surface area contributed by atoms with Crippen molar-refractivity contribution in [1.29, 1.82) is 0 Å². The number of carbonyl (C=O) groups excluding carboxylic acids is 2. The third-order valence-electron chi connectivity index (χ3n) is 4.06. The van der Waals surface area contributed by atoms with Gasteiger partial charge in [0.05, 0.1) is 0 Å². The van der Waals surface area contributed by atoms with Gasteiger partial charge in [0.15, 0.2) is 0 Å². The summed E-state index contributed by atoms with van der Waals surface area (Å²) in [6.07, 6.45) is 3.82. The van der Waals surface area contributed by atoms with Crippen molar-refractivity contribution < 1.29 is 9.59 Å². The van der Waals surface area contributed by atoms with Gasteiger partial charge in [-0.05, 0) is 43.2 Å². The van der Waals surface area contributed by atoms with E-state index in [0.717, 1.165) is 31.4 Å². The largest absolute Gasteiger partial charge is 0.359 e. The van der Waals surface area contributed by atoms with Crippen molar-refractivity contribution in [3.63, 3.8) is 0 Å². The molecule has 0 aromatic heterocycles. The van der Waals surface area contributed by atoms with Crippen LogP contribution in [-0.4, -0.2) is 18.9 Å². The lowest BCUT2D eigenvalue weighted by Gasteiger charge is -2.29. The van der Waals surface area contributed by atoms with Crippen LogP contribution in [0.15, 0.2) is 24.3 Å². The second-order valence-electron chi connectivity index (χ2n) is 5.43. The summed E-state index contributed by atoms with van der Waals surface area (Å²) in [7, 11) is 1.69. The van der Waals surface area contributed by atoms with Crippen LogP contribution in [0.1, 0.15) is 44.1 Å². The minimum absolute atomic E-state index is 0.0449. The summed E-state index contributed by atoms with van der Waals surface area (Å²) < 4.78 is 0. The highest BCUT2D eigenvalue weighted by Gasteiger charge is 2.27. The Morgan fingerprint density at radius 3 is 2.35 bits per heavy atom. The Kier molecular flexibility index (Phi) is 4.77. The second-order valence-corrected chi connectivity index (χ2v) is 5.43. The van der Waals surface area contributed by atoms with Crippen LogP contribution < -0.4 is 10.6 Å². The fourth-order valence-corrected chi connectivity index (χ4v) is 3.03. The molecule has 1 aromatic carbocycles. The maximum atomic E-state index is 11.7. The van der Waals surface area contributed by atoms with Gasteiger partial charge in [-0.15, -0.1) is 0 Å². The number of nitrogens with one attached hydrogen (secondary N) is 2. The first-order chi connectivity index (χ1) is 9.61. The molecule has 0 saturated heterocycles. The Morgan fingerprint density at radius 1 is 1.10 bits per heavy atom. The topological polar surface area (TPSA) is 58.2 Å². The Balaban J connectivity index is 2.07. The monoisotopic (exact) mass is 274 g/mol. The number of benzene rings is 1. The first kappa shape index (κ1) is 14.6.